The van der Waals surface area contributed by atoms with Crippen LogP contribution >= 0.6 is 0 Å². The molecule has 0 spiro atoms. The van der Waals surface area contributed by atoms with Crippen LogP contribution in [0.3, 0.4) is 0 Å². The highest BCUT2D eigenvalue weighted by Gasteiger charge is 2.34. The molecule has 4 nitrogen and oxygen atoms in total. The SMILES string of the molecule is NC(=NCc1cc(F)cc(F)c1)NC(C=O)(CCC1CCCCC1)CC1CCCCC1. The first-order chi connectivity index (χ1) is 15.0. The molecule has 2 aliphatic carbocycles. The van der Waals surface area contributed by atoms with E-state index in [-0.39, 0.29) is 12.5 Å². The fraction of sp³-hybridized carbons (Fsp3) is 0.680. The Kier molecular flexibility index (Phi) is 8.85. The van der Waals surface area contributed by atoms with Gasteiger partial charge in [0, 0.05) is 6.07 Å². The normalized spacial score (nSPS) is 20.9. The van der Waals surface area contributed by atoms with Crippen molar-refractivity contribution in [2.24, 2.45) is 22.6 Å². The predicted octanol–water partition coefficient (Wildman–Crippen LogP) is 5.64. The van der Waals surface area contributed by atoms with Gasteiger partial charge in [-0.1, -0.05) is 64.2 Å². The first-order valence-electron chi connectivity index (χ1n) is 12.0. The number of hydrogen-bond donors (Lipinski definition) is 2. The molecule has 172 valence electrons. The summed E-state index contributed by atoms with van der Waals surface area (Å²) in [5.41, 5.74) is 5.85. The van der Waals surface area contributed by atoms with E-state index in [2.05, 4.69) is 10.3 Å². The molecule has 0 bridgehead atoms. The van der Waals surface area contributed by atoms with Crippen molar-refractivity contribution in [3.8, 4) is 0 Å². The van der Waals surface area contributed by atoms with Crippen molar-refractivity contribution in [3.63, 3.8) is 0 Å². The Hall–Kier alpha value is -1.98. The molecule has 31 heavy (non-hydrogen) atoms. The van der Waals surface area contributed by atoms with E-state index < -0.39 is 17.2 Å². The molecule has 1 unspecified atom stereocenters. The van der Waals surface area contributed by atoms with Crippen LogP contribution < -0.4 is 11.1 Å². The number of carbonyl (C=O) groups is 1. The van der Waals surface area contributed by atoms with E-state index in [9.17, 15) is 13.6 Å². The number of aliphatic imine (C=N–C) groups is 1. The molecule has 2 saturated carbocycles. The Morgan fingerprint density at radius 3 is 2.16 bits per heavy atom. The van der Waals surface area contributed by atoms with Crippen molar-refractivity contribution in [3.05, 3.63) is 35.4 Å². The summed E-state index contributed by atoms with van der Waals surface area (Å²) >= 11 is 0. The minimum atomic E-state index is -0.722. The molecule has 0 heterocycles. The number of benzene rings is 1. The zero-order chi connectivity index (χ0) is 22.1. The van der Waals surface area contributed by atoms with E-state index in [1.165, 1.54) is 63.5 Å². The van der Waals surface area contributed by atoms with E-state index in [1.807, 2.05) is 0 Å². The molecule has 3 N–H and O–H groups in total. The maximum absolute atomic E-state index is 13.4. The number of rotatable bonds is 9. The van der Waals surface area contributed by atoms with Gasteiger partial charge in [0.25, 0.3) is 0 Å². The molecule has 2 aliphatic rings. The number of carbonyl (C=O) groups excluding carboxylic acids is 1. The van der Waals surface area contributed by atoms with Crippen molar-refractivity contribution in [2.75, 3.05) is 0 Å². The average molecular weight is 434 g/mol. The van der Waals surface area contributed by atoms with Crippen LogP contribution in [0.4, 0.5) is 8.78 Å². The van der Waals surface area contributed by atoms with E-state index in [0.29, 0.717) is 17.4 Å². The van der Waals surface area contributed by atoms with E-state index in [1.54, 1.807) is 0 Å². The monoisotopic (exact) mass is 433 g/mol. The zero-order valence-corrected chi connectivity index (χ0v) is 18.6. The fourth-order valence-electron chi connectivity index (χ4n) is 5.37. The van der Waals surface area contributed by atoms with Gasteiger partial charge >= 0.3 is 0 Å². The molecular formula is C25H37F2N3O. The Morgan fingerprint density at radius 1 is 1.00 bits per heavy atom. The van der Waals surface area contributed by atoms with Crippen molar-refractivity contribution in [1.82, 2.24) is 5.32 Å². The second kappa shape index (κ2) is 11.6. The third kappa shape index (κ3) is 7.58. The van der Waals surface area contributed by atoms with E-state index in [0.717, 1.165) is 44.5 Å². The van der Waals surface area contributed by atoms with Crippen LogP contribution in [0.25, 0.3) is 0 Å². The number of halogens is 2. The summed E-state index contributed by atoms with van der Waals surface area (Å²) in [5.74, 6) is 0.0845. The minimum Gasteiger partial charge on any atom is -0.370 e. The molecule has 6 heteroatoms. The summed E-state index contributed by atoms with van der Waals surface area (Å²) in [7, 11) is 0. The first-order valence-corrected chi connectivity index (χ1v) is 12.0. The maximum atomic E-state index is 13.4. The van der Waals surface area contributed by atoms with Crippen molar-refractivity contribution in [2.45, 2.75) is 95.6 Å². The number of guanidine groups is 1. The van der Waals surface area contributed by atoms with Crippen LogP contribution in [-0.4, -0.2) is 17.8 Å². The number of hydrogen-bond acceptors (Lipinski definition) is 2. The summed E-state index contributed by atoms with van der Waals surface area (Å²) in [6.45, 7) is 0.0640. The Morgan fingerprint density at radius 2 is 1.58 bits per heavy atom. The molecule has 1 aromatic rings. The first kappa shape index (κ1) is 23.7. The molecule has 2 fully saturated rings. The van der Waals surface area contributed by atoms with Gasteiger partial charge in [0.15, 0.2) is 5.96 Å². The molecule has 0 amide bonds. The van der Waals surface area contributed by atoms with Crippen molar-refractivity contribution >= 4 is 12.2 Å². The van der Waals surface area contributed by atoms with Gasteiger partial charge in [0.1, 0.15) is 17.9 Å². The van der Waals surface area contributed by atoms with Crippen LogP contribution in [0.15, 0.2) is 23.2 Å². The maximum Gasteiger partial charge on any atom is 0.189 e. The second-order valence-electron chi connectivity index (χ2n) is 9.63. The van der Waals surface area contributed by atoms with Gasteiger partial charge in [-0.25, -0.2) is 13.8 Å². The molecular weight excluding hydrogens is 396 g/mol. The lowest BCUT2D eigenvalue weighted by atomic mass is 9.75. The Balaban J connectivity index is 1.68. The topological polar surface area (TPSA) is 67.5 Å². The Labute approximate surface area is 185 Å². The number of aldehydes is 1. The highest BCUT2D eigenvalue weighted by atomic mass is 19.1. The largest absolute Gasteiger partial charge is 0.370 e. The molecule has 0 aromatic heterocycles. The van der Waals surface area contributed by atoms with Gasteiger partial charge in [0.2, 0.25) is 0 Å². The van der Waals surface area contributed by atoms with Crippen molar-refractivity contribution < 1.29 is 13.6 Å². The summed E-state index contributed by atoms with van der Waals surface area (Å²) < 4.78 is 26.9. The lowest BCUT2D eigenvalue weighted by Gasteiger charge is -2.36. The van der Waals surface area contributed by atoms with Crippen LogP contribution in [0.1, 0.15) is 89.0 Å². The summed E-state index contributed by atoms with van der Waals surface area (Å²) in [5, 5.41) is 3.24. The van der Waals surface area contributed by atoms with Gasteiger partial charge in [-0.15, -0.1) is 0 Å². The van der Waals surface area contributed by atoms with Gasteiger partial charge < -0.3 is 15.8 Å². The molecule has 0 aliphatic heterocycles. The Bertz CT molecular complexity index is 722. The second-order valence-corrected chi connectivity index (χ2v) is 9.63. The third-order valence-electron chi connectivity index (χ3n) is 7.06. The van der Waals surface area contributed by atoms with Gasteiger partial charge in [-0.05, 0) is 48.8 Å². The standard InChI is InChI=1S/C25H37F2N3O/c26-22-13-21(14-23(27)15-22)17-29-24(28)30-25(18-31,16-20-9-5-2-6-10-20)12-11-19-7-3-1-4-8-19/h13-15,18-20H,1-12,16-17H2,(H3,28,29,30). The number of nitrogens with zero attached hydrogens (tertiary/aromatic N) is 1. The molecule has 1 atom stereocenters. The van der Waals surface area contributed by atoms with Crippen LogP contribution in [0, 0.1) is 23.5 Å². The number of nitrogens with two attached hydrogens (primary N) is 1. The minimum absolute atomic E-state index is 0.0640. The van der Waals surface area contributed by atoms with Crippen LogP contribution in [0.5, 0.6) is 0 Å². The fourth-order valence-corrected chi connectivity index (χ4v) is 5.37. The molecule has 0 radical (unpaired) electrons. The van der Waals surface area contributed by atoms with Gasteiger partial charge in [-0.2, -0.15) is 0 Å². The quantitative estimate of drug-likeness (QED) is 0.301. The van der Waals surface area contributed by atoms with Crippen molar-refractivity contribution in [1.29, 1.82) is 0 Å². The zero-order valence-electron chi connectivity index (χ0n) is 18.6. The molecule has 3 rings (SSSR count). The molecule has 0 saturated heterocycles. The van der Waals surface area contributed by atoms with Crippen LogP contribution in [0.2, 0.25) is 0 Å². The highest BCUT2D eigenvalue weighted by Crippen LogP contribution is 2.35. The predicted molar refractivity (Wildman–Crippen MR) is 121 cm³/mol. The van der Waals surface area contributed by atoms with E-state index >= 15 is 0 Å². The summed E-state index contributed by atoms with van der Waals surface area (Å²) in [4.78, 5) is 16.7. The van der Waals surface area contributed by atoms with E-state index in [4.69, 9.17) is 5.73 Å². The molecule has 1 aromatic carbocycles. The van der Waals surface area contributed by atoms with Gasteiger partial charge in [0.05, 0.1) is 12.1 Å². The summed E-state index contributed by atoms with van der Waals surface area (Å²) in [6.07, 6.45) is 16.0. The van der Waals surface area contributed by atoms with Gasteiger partial charge in [-0.3, -0.25) is 0 Å². The smallest absolute Gasteiger partial charge is 0.189 e. The number of nitrogens with one attached hydrogen (secondary N) is 1. The highest BCUT2D eigenvalue weighted by molar-refractivity contribution is 5.83. The average Bonchev–Trinajstić information content (AvgIpc) is 2.77. The third-order valence-corrected chi connectivity index (χ3v) is 7.06. The lowest BCUT2D eigenvalue weighted by Crippen LogP contribution is -2.54. The lowest BCUT2D eigenvalue weighted by molar-refractivity contribution is -0.114. The summed E-state index contributed by atoms with van der Waals surface area (Å²) in [6, 6.07) is 3.33. The van der Waals surface area contributed by atoms with Crippen LogP contribution in [-0.2, 0) is 11.3 Å².